The van der Waals surface area contributed by atoms with Crippen LogP contribution in [0.3, 0.4) is 0 Å². The minimum absolute atomic E-state index is 0.165. The minimum Gasteiger partial charge on any atom is -0.478 e. The summed E-state index contributed by atoms with van der Waals surface area (Å²) in [5, 5.41) is 12.6. The smallest absolute Gasteiger partial charge is 0.338 e. The largest absolute Gasteiger partial charge is 0.478 e. The number of hydrogen-bond acceptors (Lipinski definition) is 3. The first kappa shape index (κ1) is 14.3. The highest BCUT2D eigenvalue weighted by molar-refractivity contribution is 9.10. The molecule has 4 nitrogen and oxygen atoms in total. The van der Waals surface area contributed by atoms with Gasteiger partial charge in [0, 0.05) is 22.2 Å². The third-order valence-corrected chi connectivity index (χ3v) is 4.73. The van der Waals surface area contributed by atoms with Gasteiger partial charge in [0.1, 0.15) is 0 Å². The van der Waals surface area contributed by atoms with E-state index in [-0.39, 0.29) is 5.54 Å². The van der Waals surface area contributed by atoms with Crippen LogP contribution < -0.4 is 5.32 Å². The molecule has 1 aliphatic carbocycles. The van der Waals surface area contributed by atoms with Gasteiger partial charge in [-0.1, -0.05) is 6.07 Å². The lowest BCUT2D eigenvalue weighted by molar-refractivity contribution is 0.0692. The van der Waals surface area contributed by atoms with Crippen molar-refractivity contribution in [2.24, 2.45) is 0 Å². The van der Waals surface area contributed by atoms with Gasteiger partial charge in [0.2, 0.25) is 0 Å². The summed E-state index contributed by atoms with van der Waals surface area (Å²) in [6, 6.07) is 5.41. The van der Waals surface area contributed by atoms with E-state index in [0.29, 0.717) is 15.7 Å². The third kappa shape index (κ3) is 2.77. The second-order valence-corrected chi connectivity index (χ2v) is 6.15. The fourth-order valence-electron chi connectivity index (χ4n) is 2.52. The van der Waals surface area contributed by atoms with Crippen LogP contribution in [0, 0.1) is 0 Å². The Kier molecular flexibility index (Phi) is 4.16. The van der Waals surface area contributed by atoms with Crippen molar-refractivity contribution in [3.8, 4) is 0 Å². The third-order valence-electron chi connectivity index (χ3n) is 4.07. The lowest BCUT2D eigenvalue weighted by Gasteiger charge is -2.47. The fraction of sp³-hybridized carbons (Fsp3) is 0.500. The van der Waals surface area contributed by atoms with Gasteiger partial charge in [-0.15, -0.1) is 0 Å². The lowest BCUT2D eigenvalue weighted by Crippen LogP contribution is -2.54. The van der Waals surface area contributed by atoms with E-state index < -0.39 is 5.97 Å². The fourth-order valence-corrected chi connectivity index (χ4v) is 3.05. The minimum atomic E-state index is -0.914. The summed E-state index contributed by atoms with van der Waals surface area (Å²) in [7, 11) is 4.17. The van der Waals surface area contributed by atoms with Crippen molar-refractivity contribution in [3.63, 3.8) is 0 Å². The maximum Gasteiger partial charge on any atom is 0.338 e. The molecule has 19 heavy (non-hydrogen) atoms. The van der Waals surface area contributed by atoms with Crippen molar-refractivity contribution >= 4 is 27.6 Å². The van der Waals surface area contributed by atoms with E-state index in [0.717, 1.165) is 19.4 Å². The van der Waals surface area contributed by atoms with Gasteiger partial charge in [0.05, 0.1) is 5.56 Å². The highest BCUT2D eigenvalue weighted by Crippen LogP contribution is 2.36. The zero-order valence-electron chi connectivity index (χ0n) is 11.2. The van der Waals surface area contributed by atoms with E-state index in [1.807, 2.05) is 12.1 Å². The van der Waals surface area contributed by atoms with Crippen LogP contribution in [0.5, 0.6) is 0 Å². The molecule has 1 aromatic carbocycles. The molecule has 0 heterocycles. The molecule has 1 saturated carbocycles. The van der Waals surface area contributed by atoms with Gasteiger partial charge in [-0.05, 0) is 61.4 Å². The van der Waals surface area contributed by atoms with E-state index in [4.69, 9.17) is 0 Å². The predicted molar refractivity (Wildman–Crippen MR) is 79.9 cm³/mol. The van der Waals surface area contributed by atoms with Gasteiger partial charge in [-0.2, -0.15) is 0 Å². The number of hydrogen-bond donors (Lipinski definition) is 2. The molecule has 104 valence electrons. The molecular weight excluding hydrogens is 308 g/mol. The molecule has 5 heteroatoms. The van der Waals surface area contributed by atoms with E-state index in [9.17, 15) is 9.90 Å². The van der Waals surface area contributed by atoms with Crippen molar-refractivity contribution in [2.45, 2.75) is 24.8 Å². The molecule has 0 bridgehead atoms. The van der Waals surface area contributed by atoms with Crippen LogP contribution in [0.15, 0.2) is 22.7 Å². The summed E-state index contributed by atoms with van der Waals surface area (Å²) in [5.74, 6) is -0.914. The first-order valence-corrected chi connectivity index (χ1v) is 7.19. The van der Waals surface area contributed by atoms with Crippen LogP contribution in [0.25, 0.3) is 0 Å². The van der Waals surface area contributed by atoms with Crippen LogP contribution in [0.2, 0.25) is 0 Å². The first-order chi connectivity index (χ1) is 8.96. The predicted octanol–water partition coefficient (Wildman–Crippen LogP) is 3.04. The summed E-state index contributed by atoms with van der Waals surface area (Å²) in [6.07, 6.45) is 3.55. The van der Waals surface area contributed by atoms with Crippen LogP contribution in [-0.4, -0.2) is 42.2 Å². The number of halogens is 1. The molecule has 2 rings (SSSR count). The molecule has 1 aliphatic rings. The molecule has 2 N–H and O–H groups in total. The number of nitrogens with one attached hydrogen (secondary N) is 1. The van der Waals surface area contributed by atoms with Crippen molar-refractivity contribution in [3.05, 3.63) is 28.2 Å². The highest BCUT2D eigenvalue weighted by Gasteiger charge is 2.38. The van der Waals surface area contributed by atoms with E-state index in [1.54, 1.807) is 6.07 Å². The average molecular weight is 327 g/mol. The summed E-state index contributed by atoms with van der Waals surface area (Å²) in [6.45, 7) is 0.775. The second-order valence-electron chi connectivity index (χ2n) is 5.29. The number of rotatable bonds is 5. The summed E-state index contributed by atoms with van der Waals surface area (Å²) >= 11 is 3.30. The zero-order chi connectivity index (χ0) is 14.0. The molecule has 0 unspecified atom stereocenters. The van der Waals surface area contributed by atoms with E-state index in [2.05, 4.69) is 40.2 Å². The molecule has 1 fully saturated rings. The molecule has 0 spiro atoms. The number of anilines is 1. The Balaban J connectivity index is 2.16. The topological polar surface area (TPSA) is 52.6 Å². The zero-order valence-corrected chi connectivity index (χ0v) is 12.8. The molecular formula is C14H19BrN2O2. The SMILES string of the molecule is CN(C)C1(CNc2cccc(Br)c2C(=O)O)CCC1. The second kappa shape index (κ2) is 5.51. The van der Waals surface area contributed by atoms with Crippen LogP contribution in [0.4, 0.5) is 5.69 Å². The van der Waals surface area contributed by atoms with Crippen molar-refractivity contribution in [1.82, 2.24) is 4.90 Å². The van der Waals surface area contributed by atoms with Gasteiger partial charge >= 0.3 is 5.97 Å². The molecule has 0 saturated heterocycles. The average Bonchev–Trinajstić information content (AvgIpc) is 2.26. The summed E-state index contributed by atoms with van der Waals surface area (Å²) < 4.78 is 0.609. The molecule has 0 aliphatic heterocycles. The number of carbonyl (C=O) groups is 1. The van der Waals surface area contributed by atoms with Gasteiger partial charge in [-0.3, -0.25) is 0 Å². The van der Waals surface area contributed by atoms with Crippen LogP contribution in [0.1, 0.15) is 29.6 Å². The Morgan fingerprint density at radius 2 is 2.16 bits per heavy atom. The number of benzene rings is 1. The molecule has 0 atom stereocenters. The Morgan fingerprint density at radius 3 is 2.63 bits per heavy atom. The molecule has 0 radical (unpaired) electrons. The maximum absolute atomic E-state index is 11.3. The maximum atomic E-state index is 11.3. The monoisotopic (exact) mass is 326 g/mol. The molecule has 0 aromatic heterocycles. The van der Waals surface area contributed by atoms with Gasteiger partial charge < -0.3 is 15.3 Å². The Bertz CT molecular complexity index is 484. The normalized spacial score (nSPS) is 17.1. The van der Waals surface area contributed by atoms with Gasteiger partial charge in [-0.25, -0.2) is 4.79 Å². The molecule has 1 aromatic rings. The van der Waals surface area contributed by atoms with Gasteiger partial charge in [0.15, 0.2) is 0 Å². The van der Waals surface area contributed by atoms with Crippen molar-refractivity contribution in [2.75, 3.05) is 26.0 Å². The van der Waals surface area contributed by atoms with Crippen molar-refractivity contribution < 1.29 is 9.90 Å². The summed E-state index contributed by atoms with van der Waals surface area (Å²) in [4.78, 5) is 13.5. The van der Waals surface area contributed by atoms with Crippen LogP contribution >= 0.6 is 15.9 Å². The number of aromatic carboxylic acids is 1. The Labute approximate surface area is 121 Å². The first-order valence-electron chi connectivity index (χ1n) is 6.39. The molecule has 0 amide bonds. The number of nitrogens with zero attached hydrogens (tertiary/aromatic N) is 1. The highest BCUT2D eigenvalue weighted by atomic mass is 79.9. The summed E-state index contributed by atoms with van der Waals surface area (Å²) in [5.41, 5.74) is 1.14. The van der Waals surface area contributed by atoms with Crippen LogP contribution in [-0.2, 0) is 0 Å². The number of carboxylic acid groups (broad SMARTS) is 1. The van der Waals surface area contributed by atoms with Crippen molar-refractivity contribution in [1.29, 1.82) is 0 Å². The number of carboxylic acids is 1. The van der Waals surface area contributed by atoms with E-state index >= 15 is 0 Å². The standard InChI is InChI=1S/C14H19BrN2O2/c1-17(2)14(7-4-8-14)9-16-11-6-3-5-10(15)12(11)13(18)19/h3,5-6,16H,4,7-9H2,1-2H3,(H,18,19). The number of likely N-dealkylation sites (N-methyl/N-ethyl adjacent to an activating group) is 1. The Hall–Kier alpha value is -1.07. The van der Waals surface area contributed by atoms with E-state index in [1.165, 1.54) is 6.42 Å². The lowest BCUT2D eigenvalue weighted by atomic mass is 9.75. The quantitative estimate of drug-likeness (QED) is 0.873. The van der Waals surface area contributed by atoms with Gasteiger partial charge in [0.25, 0.3) is 0 Å². The Morgan fingerprint density at radius 1 is 1.47 bits per heavy atom.